The summed E-state index contributed by atoms with van der Waals surface area (Å²) in [4.78, 5) is 14.1. The van der Waals surface area contributed by atoms with Gasteiger partial charge in [-0.2, -0.15) is 0 Å². The Morgan fingerprint density at radius 3 is 1.72 bits per heavy atom. The van der Waals surface area contributed by atoms with Gasteiger partial charge in [-0.15, -0.1) is 0 Å². The average Bonchev–Trinajstić information content (AvgIpc) is 2.62. The molecule has 0 amide bonds. The van der Waals surface area contributed by atoms with E-state index >= 15 is 0 Å². The van der Waals surface area contributed by atoms with E-state index in [0.29, 0.717) is 9.79 Å². The zero-order valence-corrected chi connectivity index (χ0v) is 14.5. The topological polar surface area (TPSA) is 71.4 Å². The van der Waals surface area contributed by atoms with E-state index in [1.54, 1.807) is 48.5 Å². The fourth-order valence-electron chi connectivity index (χ4n) is 2.91. The number of hydrogen-bond donors (Lipinski definition) is 1. The third-order valence-corrected chi connectivity index (χ3v) is 8.52. The van der Waals surface area contributed by atoms with Crippen molar-refractivity contribution in [2.45, 2.75) is 24.5 Å². The molecule has 0 aromatic heterocycles. The van der Waals surface area contributed by atoms with Gasteiger partial charge in [0.05, 0.1) is 5.56 Å². The Kier molecular flexibility index (Phi) is 3.67. The number of carboxylic acid groups (broad SMARTS) is 1. The maximum atomic E-state index is 12.9. The fourth-order valence-corrected chi connectivity index (χ4v) is 7.60. The second-order valence-electron chi connectivity index (χ2n) is 5.53. The summed E-state index contributed by atoms with van der Waals surface area (Å²) in [6.07, 6.45) is 0. The summed E-state index contributed by atoms with van der Waals surface area (Å²) in [6.45, 7) is 0. The molecule has 0 radical (unpaired) electrons. The van der Waals surface area contributed by atoms with Gasteiger partial charge in [0, 0.05) is 0 Å². The molecule has 1 N–H and O–H groups in total. The van der Waals surface area contributed by atoms with Crippen molar-refractivity contribution >= 4 is 26.7 Å². The van der Waals surface area contributed by atoms with Crippen molar-refractivity contribution in [2.75, 3.05) is 0 Å². The van der Waals surface area contributed by atoms with Crippen molar-refractivity contribution in [3.05, 3.63) is 78.4 Å². The van der Waals surface area contributed by atoms with E-state index < -0.39 is 26.7 Å². The van der Waals surface area contributed by atoms with Crippen molar-refractivity contribution < 1.29 is 18.3 Å². The summed E-state index contributed by atoms with van der Waals surface area (Å²) in [6, 6.07) is 20.7. The van der Waals surface area contributed by atoms with Gasteiger partial charge in [0.1, 0.15) is 20.7 Å². The van der Waals surface area contributed by atoms with Crippen LogP contribution in [0.15, 0.2) is 97.3 Å². The smallest absolute Gasteiger partial charge is 0.335 e. The van der Waals surface area contributed by atoms with Crippen molar-refractivity contribution in [1.82, 2.24) is 0 Å². The summed E-state index contributed by atoms with van der Waals surface area (Å²) in [5, 5.41) is 9.09. The Labute approximate surface area is 148 Å². The lowest BCUT2D eigenvalue weighted by Crippen LogP contribution is -2.20. The molecule has 1 aliphatic heterocycles. The van der Waals surface area contributed by atoms with Crippen LogP contribution in [0.2, 0.25) is 0 Å². The highest BCUT2D eigenvalue weighted by molar-refractivity contribution is 8.00. The van der Waals surface area contributed by atoms with Gasteiger partial charge in [0.2, 0.25) is 9.84 Å². The Bertz CT molecular complexity index is 1030. The Hall–Kier alpha value is -2.57. The minimum absolute atomic E-state index is 0.207. The highest BCUT2D eigenvalue weighted by Gasteiger charge is 2.44. The van der Waals surface area contributed by atoms with E-state index in [1.807, 2.05) is 24.3 Å². The fraction of sp³-hybridized carbons (Fsp3) is 0. The summed E-state index contributed by atoms with van der Waals surface area (Å²) >= 11 is 0. The molecule has 0 bridgehead atoms. The predicted octanol–water partition coefficient (Wildman–Crippen LogP) is 3.63. The van der Waals surface area contributed by atoms with Crippen molar-refractivity contribution in [3.63, 3.8) is 0 Å². The first-order valence-corrected chi connectivity index (χ1v) is 10.2. The van der Waals surface area contributed by atoms with Crippen LogP contribution in [-0.2, 0) is 20.7 Å². The van der Waals surface area contributed by atoms with E-state index in [2.05, 4.69) is 0 Å². The molecule has 1 heterocycles. The average molecular weight is 369 g/mol. The van der Waals surface area contributed by atoms with Crippen LogP contribution in [0.1, 0.15) is 10.4 Å². The standard InChI is InChI=1S/C19H12O4S2/c20-19(21)13-9-11-14(12-10-13)24-15-5-1-3-7-17(15)25(22,23)18-8-4-2-6-16(18)24/h1-12H/p+1. The number of carboxylic acids is 1. The molecule has 0 spiro atoms. The molecule has 0 aliphatic carbocycles. The Balaban J connectivity index is 1.99. The molecule has 0 unspecified atom stereocenters. The Morgan fingerprint density at radius 1 is 0.760 bits per heavy atom. The van der Waals surface area contributed by atoms with Gasteiger partial charge in [-0.05, 0) is 48.5 Å². The van der Waals surface area contributed by atoms with Gasteiger partial charge in [-0.1, -0.05) is 24.3 Å². The largest absolute Gasteiger partial charge is 0.478 e. The number of aromatic carboxylic acids is 1. The zero-order chi connectivity index (χ0) is 17.6. The quantitative estimate of drug-likeness (QED) is 0.548. The van der Waals surface area contributed by atoms with Gasteiger partial charge in [-0.25, -0.2) is 13.2 Å². The molecule has 25 heavy (non-hydrogen) atoms. The number of fused-ring (bicyclic) bond motifs is 2. The molecule has 124 valence electrons. The van der Waals surface area contributed by atoms with E-state index in [9.17, 15) is 13.2 Å². The van der Waals surface area contributed by atoms with Gasteiger partial charge >= 0.3 is 5.97 Å². The van der Waals surface area contributed by atoms with Crippen LogP contribution in [-0.4, -0.2) is 19.5 Å². The maximum absolute atomic E-state index is 12.9. The van der Waals surface area contributed by atoms with Gasteiger partial charge in [0.25, 0.3) is 0 Å². The number of benzene rings is 3. The molecule has 0 fully saturated rings. The molecule has 6 heteroatoms. The van der Waals surface area contributed by atoms with E-state index in [-0.39, 0.29) is 5.56 Å². The van der Waals surface area contributed by atoms with Gasteiger partial charge < -0.3 is 5.11 Å². The van der Waals surface area contributed by atoms with Crippen LogP contribution >= 0.6 is 0 Å². The minimum atomic E-state index is -3.55. The lowest BCUT2D eigenvalue weighted by molar-refractivity contribution is 0.0697. The molecule has 3 aromatic rings. The van der Waals surface area contributed by atoms with Crippen LogP contribution in [0.3, 0.4) is 0 Å². The van der Waals surface area contributed by atoms with Crippen LogP contribution in [0, 0.1) is 0 Å². The molecule has 0 saturated heterocycles. The third kappa shape index (κ3) is 2.45. The van der Waals surface area contributed by atoms with Crippen LogP contribution in [0.25, 0.3) is 0 Å². The Morgan fingerprint density at radius 2 is 1.24 bits per heavy atom. The maximum Gasteiger partial charge on any atom is 0.335 e. The van der Waals surface area contributed by atoms with Gasteiger partial charge in [0.15, 0.2) is 14.7 Å². The second-order valence-corrected chi connectivity index (χ2v) is 9.38. The van der Waals surface area contributed by atoms with Crippen molar-refractivity contribution in [3.8, 4) is 0 Å². The second kappa shape index (κ2) is 5.75. The number of hydrogen-bond acceptors (Lipinski definition) is 3. The summed E-state index contributed by atoms with van der Waals surface area (Å²) in [7, 11) is -4.15. The molecule has 4 nitrogen and oxygen atoms in total. The molecular formula is C19H13O4S2+. The van der Waals surface area contributed by atoms with E-state index in [4.69, 9.17) is 5.11 Å². The number of rotatable bonds is 2. The first-order valence-electron chi connectivity index (χ1n) is 7.51. The van der Waals surface area contributed by atoms with Crippen molar-refractivity contribution in [1.29, 1.82) is 0 Å². The van der Waals surface area contributed by atoms with Gasteiger partial charge in [-0.3, -0.25) is 0 Å². The lowest BCUT2D eigenvalue weighted by atomic mass is 10.2. The van der Waals surface area contributed by atoms with Crippen LogP contribution in [0.5, 0.6) is 0 Å². The zero-order valence-electron chi connectivity index (χ0n) is 12.9. The lowest BCUT2D eigenvalue weighted by Gasteiger charge is -2.19. The molecule has 3 aromatic carbocycles. The van der Waals surface area contributed by atoms with Crippen LogP contribution < -0.4 is 0 Å². The predicted molar refractivity (Wildman–Crippen MR) is 93.9 cm³/mol. The third-order valence-electron chi connectivity index (χ3n) is 4.05. The first kappa shape index (κ1) is 15.9. The molecule has 0 atom stereocenters. The highest BCUT2D eigenvalue weighted by Crippen LogP contribution is 2.44. The minimum Gasteiger partial charge on any atom is -0.478 e. The SMILES string of the molecule is O=C(O)c1ccc([S+]2c3ccccc3S(=O)(=O)c3ccccc32)cc1. The summed E-state index contributed by atoms with van der Waals surface area (Å²) in [5.41, 5.74) is 0.207. The monoisotopic (exact) mass is 369 g/mol. The molecule has 4 rings (SSSR count). The summed E-state index contributed by atoms with van der Waals surface area (Å²) < 4.78 is 25.9. The number of sulfone groups is 1. The van der Waals surface area contributed by atoms with Crippen molar-refractivity contribution in [2.24, 2.45) is 0 Å². The highest BCUT2D eigenvalue weighted by atomic mass is 32.2. The summed E-state index contributed by atoms with van der Waals surface area (Å²) in [5.74, 6) is -0.984. The van der Waals surface area contributed by atoms with Crippen LogP contribution in [0.4, 0.5) is 0 Å². The molecule has 0 saturated carbocycles. The van der Waals surface area contributed by atoms with E-state index in [1.165, 1.54) is 0 Å². The molecule has 1 aliphatic rings. The van der Waals surface area contributed by atoms with E-state index in [0.717, 1.165) is 14.7 Å². The molecular weight excluding hydrogens is 356 g/mol. The normalized spacial score (nSPS) is 15.2. The number of carbonyl (C=O) groups is 1. The first-order chi connectivity index (χ1) is 12.0.